The standard InChI is InChI=1S/C23H21N5O3/c1-13(22(30)27-16-9-7-15(8-10-16)26-14(2)29)25-23(31)20-11-18-17-5-3-4-6-19(17)28-21(18)12-24-20/h3-13,28H,1-2H3,(H,25,31)(H,26,29)(H,27,30). The molecule has 0 bridgehead atoms. The van der Waals surface area contributed by atoms with Gasteiger partial charge in [0.1, 0.15) is 11.7 Å². The number of nitrogens with one attached hydrogen (secondary N) is 4. The van der Waals surface area contributed by atoms with Crippen LogP contribution >= 0.6 is 0 Å². The van der Waals surface area contributed by atoms with Gasteiger partial charge in [-0.3, -0.25) is 14.4 Å². The molecule has 0 aliphatic heterocycles. The minimum atomic E-state index is -0.775. The van der Waals surface area contributed by atoms with Crippen molar-refractivity contribution >= 4 is 50.9 Å². The summed E-state index contributed by atoms with van der Waals surface area (Å²) in [7, 11) is 0. The van der Waals surface area contributed by atoms with Crippen LogP contribution < -0.4 is 16.0 Å². The molecule has 0 saturated carbocycles. The van der Waals surface area contributed by atoms with Crippen LogP contribution in [0.15, 0.2) is 60.8 Å². The fourth-order valence-electron chi connectivity index (χ4n) is 3.30. The van der Waals surface area contributed by atoms with E-state index in [0.717, 1.165) is 21.8 Å². The average Bonchev–Trinajstić information content (AvgIpc) is 3.12. The first-order valence-electron chi connectivity index (χ1n) is 9.76. The van der Waals surface area contributed by atoms with Crippen molar-refractivity contribution in [3.63, 3.8) is 0 Å². The summed E-state index contributed by atoms with van der Waals surface area (Å²) in [5.41, 5.74) is 3.22. The second-order valence-electron chi connectivity index (χ2n) is 7.23. The third kappa shape index (κ3) is 4.37. The van der Waals surface area contributed by atoms with Crippen LogP contribution in [0.4, 0.5) is 11.4 Å². The topological polar surface area (TPSA) is 116 Å². The first-order valence-corrected chi connectivity index (χ1v) is 9.76. The molecule has 8 heteroatoms. The Morgan fingerprint density at radius 3 is 2.29 bits per heavy atom. The molecular formula is C23H21N5O3. The molecule has 8 nitrogen and oxygen atoms in total. The molecule has 0 radical (unpaired) electrons. The van der Waals surface area contributed by atoms with Gasteiger partial charge in [-0.2, -0.15) is 0 Å². The zero-order chi connectivity index (χ0) is 22.0. The number of rotatable bonds is 5. The zero-order valence-electron chi connectivity index (χ0n) is 17.0. The largest absolute Gasteiger partial charge is 0.353 e. The fourth-order valence-corrected chi connectivity index (χ4v) is 3.30. The lowest BCUT2D eigenvalue weighted by molar-refractivity contribution is -0.117. The van der Waals surface area contributed by atoms with E-state index < -0.39 is 11.9 Å². The lowest BCUT2D eigenvalue weighted by Gasteiger charge is -2.14. The molecule has 2 aromatic heterocycles. The van der Waals surface area contributed by atoms with Gasteiger partial charge in [0.15, 0.2) is 0 Å². The number of carbonyl (C=O) groups is 3. The van der Waals surface area contributed by atoms with E-state index >= 15 is 0 Å². The van der Waals surface area contributed by atoms with Crippen LogP contribution in [0.25, 0.3) is 21.8 Å². The monoisotopic (exact) mass is 415 g/mol. The van der Waals surface area contributed by atoms with Crippen LogP contribution in [0.2, 0.25) is 0 Å². The normalized spacial score (nSPS) is 11.8. The second-order valence-corrected chi connectivity index (χ2v) is 7.23. The molecule has 2 aromatic carbocycles. The highest BCUT2D eigenvalue weighted by Crippen LogP contribution is 2.25. The third-order valence-electron chi connectivity index (χ3n) is 4.84. The average molecular weight is 415 g/mol. The summed E-state index contributed by atoms with van der Waals surface area (Å²) in [4.78, 5) is 43.7. The summed E-state index contributed by atoms with van der Waals surface area (Å²) >= 11 is 0. The number of anilines is 2. The maximum Gasteiger partial charge on any atom is 0.270 e. The van der Waals surface area contributed by atoms with Gasteiger partial charge in [0.25, 0.3) is 5.91 Å². The van der Waals surface area contributed by atoms with Crippen molar-refractivity contribution in [3.8, 4) is 0 Å². The Morgan fingerprint density at radius 2 is 1.58 bits per heavy atom. The zero-order valence-corrected chi connectivity index (χ0v) is 17.0. The number of aromatic amines is 1. The van der Waals surface area contributed by atoms with E-state index in [0.29, 0.717) is 11.4 Å². The van der Waals surface area contributed by atoms with Crippen LogP contribution in [-0.2, 0) is 9.59 Å². The minimum absolute atomic E-state index is 0.174. The molecule has 0 fully saturated rings. The molecule has 2 heterocycles. The molecule has 1 atom stereocenters. The number of carbonyl (C=O) groups excluding carboxylic acids is 3. The molecule has 0 aliphatic carbocycles. The predicted molar refractivity (Wildman–Crippen MR) is 120 cm³/mol. The molecule has 31 heavy (non-hydrogen) atoms. The maximum atomic E-state index is 12.7. The second kappa shape index (κ2) is 8.27. The van der Waals surface area contributed by atoms with Gasteiger partial charge in [-0.15, -0.1) is 0 Å². The summed E-state index contributed by atoms with van der Waals surface area (Å²) in [5, 5.41) is 9.97. The van der Waals surface area contributed by atoms with Crippen LogP contribution in [0.5, 0.6) is 0 Å². The molecule has 0 spiro atoms. The summed E-state index contributed by atoms with van der Waals surface area (Å²) in [6.45, 7) is 3.02. The van der Waals surface area contributed by atoms with E-state index in [1.165, 1.54) is 6.92 Å². The summed E-state index contributed by atoms with van der Waals surface area (Å²) in [6.07, 6.45) is 1.62. The Bertz CT molecular complexity index is 1290. The van der Waals surface area contributed by atoms with E-state index in [1.807, 2.05) is 24.3 Å². The van der Waals surface area contributed by atoms with Gasteiger partial charge in [0.2, 0.25) is 11.8 Å². The predicted octanol–water partition coefficient (Wildman–Crippen LogP) is 3.43. The van der Waals surface area contributed by atoms with Crippen LogP contribution in [0.3, 0.4) is 0 Å². The van der Waals surface area contributed by atoms with Gasteiger partial charge in [-0.25, -0.2) is 4.98 Å². The van der Waals surface area contributed by atoms with E-state index in [1.54, 1.807) is 43.5 Å². The number of hydrogen-bond acceptors (Lipinski definition) is 4. The van der Waals surface area contributed by atoms with Crippen LogP contribution in [0, 0.1) is 0 Å². The number of benzene rings is 2. The lowest BCUT2D eigenvalue weighted by atomic mass is 10.1. The van der Waals surface area contributed by atoms with Gasteiger partial charge >= 0.3 is 0 Å². The van der Waals surface area contributed by atoms with Crippen molar-refractivity contribution in [3.05, 3.63) is 66.5 Å². The van der Waals surface area contributed by atoms with Gasteiger partial charge in [0.05, 0.1) is 11.7 Å². The first kappa shape index (κ1) is 20.1. The Hall–Kier alpha value is -4.20. The van der Waals surface area contributed by atoms with Crippen molar-refractivity contribution in [2.45, 2.75) is 19.9 Å². The van der Waals surface area contributed by atoms with Gasteiger partial charge in [0, 0.05) is 34.6 Å². The first-order chi connectivity index (χ1) is 14.9. The number of H-pyrrole nitrogens is 1. The summed E-state index contributed by atoms with van der Waals surface area (Å²) in [5.74, 6) is -0.975. The van der Waals surface area contributed by atoms with Crippen molar-refractivity contribution in [2.75, 3.05) is 10.6 Å². The van der Waals surface area contributed by atoms with Crippen molar-refractivity contribution in [1.82, 2.24) is 15.3 Å². The fraction of sp³-hybridized carbons (Fsp3) is 0.130. The van der Waals surface area contributed by atoms with Crippen molar-refractivity contribution in [2.24, 2.45) is 0 Å². The van der Waals surface area contributed by atoms with E-state index in [9.17, 15) is 14.4 Å². The highest BCUT2D eigenvalue weighted by molar-refractivity contribution is 6.09. The molecule has 0 saturated heterocycles. The van der Waals surface area contributed by atoms with Crippen LogP contribution in [-0.4, -0.2) is 33.7 Å². The molecule has 3 amide bonds. The van der Waals surface area contributed by atoms with Gasteiger partial charge < -0.3 is 20.9 Å². The summed E-state index contributed by atoms with van der Waals surface area (Å²) < 4.78 is 0. The number of pyridine rings is 1. The molecule has 1 unspecified atom stereocenters. The van der Waals surface area contributed by atoms with E-state index in [4.69, 9.17) is 0 Å². The summed E-state index contributed by atoms with van der Waals surface area (Å²) in [6, 6.07) is 15.5. The lowest BCUT2D eigenvalue weighted by Crippen LogP contribution is -2.41. The smallest absolute Gasteiger partial charge is 0.270 e. The third-order valence-corrected chi connectivity index (χ3v) is 4.84. The number of aromatic nitrogens is 2. The minimum Gasteiger partial charge on any atom is -0.353 e. The Kier molecular flexibility index (Phi) is 5.36. The maximum absolute atomic E-state index is 12.7. The van der Waals surface area contributed by atoms with Crippen molar-refractivity contribution in [1.29, 1.82) is 0 Å². The molecular weight excluding hydrogens is 394 g/mol. The highest BCUT2D eigenvalue weighted by Gasteiger charge is 2.18. The quantitative estimate of drug-likeness (QED) is 0.400. The number of nitrogens with zero attached hydrogens (tertiary/aromatic N) is 1. The van der Waals surface area contributed by atoms with Gasteiger partial charge in [-0.1, -0.05) is 18.2 Å². The van der Waals surface area contributed by atoms with Crippen LogP contribution in [0.1, 0.15) is 24.3 Å². The number of fused-ring (bicyclic) bond motifs is 3. The molecule has 4 aromatic rings. The van der Waals surface area contributed by atoms with Crippen molar-refractivity contribution < 1.29 is 14.4 Å². The SMILES string of the molecule is CC(=O)Nc1ccc(NC(=O)C(C)NC(=O)c2cc3c(cn2)[nH]c2ccccc23)cc1. The number of amides is 3. The van der Waals surface area contributed by atoms with E-state index in [-0.39, 0.29) is 17.5 Å². The molecule has 4 rings (SSSR count). The molecule has 0 aliphatic rings. The number of para-hydroxylation sites is 1. The molecule has 4 N–H and O–H groups in total. The highest BCUT2D eigenvalue weighted by atomic mass is 16.2. The Labute approximate surface area is 178 Å². The van der Waals surface area contributed by atoms with Gasteiger partial charge in [-0.05, 0) is 43.3 Å². The molecule has 156 valence electrons. The number of hydrogen-bond donors (Lipinski definition) is 4. The Morgan fingerprint density at radius 1 is 0.903 bits per heavy atom. The Balaban J connectivity index is 1.43. The van der Waals surface area contributed by atoms with E-state index in [2.05, 4.69) is 25.9 Å².